The van der Waals surface area contributed by atoms with Gasteiger partial charge in [0.1, 0.15) is 5.56 Å². The van der Waals surface area contributed by atoms with Gasteiger partial charge in [-0.2, -0.15) is 0 Å². The SMILES string of the molecule is CCCCC(CC)CNC(=O)c1ccccc1[N+](=O)[O-]. The maximum Gasteiger partial charge on any atom is 0.282 e. The highest BCUT2D eigenvalue weighted by molar-refractivity contribution is 5.98. The van der Waals surface area contributed by atoms with Crippen LogP contribution in [-0.4, -0.2) is 17.4 Å². The first-order valence-corrected chi connectivity index (χ1v) is 7.11. The van der Waals surface area contributed by atoms with Crippen LogP contribution in [0.25, 0.3) is 0 Å². The number of nitro benzene ring substituents is 1. The number of carbonyl (C=O) groups excluding carboxylic acids is 1. The monoisotopic (exact) mass is 278 g/mol. The summed E-state index contributed by atoms with van der Waals surface area (Å²) in [5.74, 6) is 0.0638. The maximum absolute atomic E-state index is 12.0. The van der Waals surface area contributed by atoms with Crippen LogP contribution in [0.3, 0.4) is 0 Å². The van der Waals surface area contributed by atoms with Crippen LogP contribution in [0.5, 0.6) is 0 Å². The second-order valence-electron chi connectivity index (χ2n) is 4.90. The lowest BCUT2D eigenvalue weighted by Crippen LogP contribution is -2.29. The standard InChI is InChI=1S/C15H22N2O3/c1-3-5-8-12(4-2)11-16-15(18)13-9-6-7-10-14(13)17(19)20/h6-7,9-10,12H,3-5,8,11H2,1-2H3,(H,16,18). The number of hydrogen-bond donors (Lipinski definition) is 1. The van der Waals surface area contributed by atoms with E-state index < -0.39 is 4.92 Å². The number of nitro groups is 1. The Balaban J connectivity index is 2.65. The predicted molar refractivity (Wildman–Crippen MR) is 78.7 cm³/mol. The molecule has 110 valence electrons. The minimum Gasteiger partial charge on any atom is -0.352 e. The summed E-state index contributed by atoms with van der Waals surface area (Å²) < 4.78 is 0. The number of carbonyl (C=O) groups is 1. The van der Waals surface area contributed by atoms with E-state index in [9.17, 15) is 14.9 Å². The normalized spacial score (nSPS) is 11.9. The minimum absolute atomic E-state index is 0.128. The Bertz CT molecular complexity index is 460. The van der Waals surface area contributed by atoms with Crippen molar-refractivity contribution in [3.05, 3.63) is 39.9 Å². The Morgan fingerprint density at radius 1 is 1.35 bits per heavy atom. The van der Waals surface area contributed by atoms with Crippen LogP contribution in [0.1, 0.15) is 49.9 Å². The highest BCUT2D eigenvalue weighted by Gasteiger charge is 2.19. The van der Waals surface area contributed by atoms with Crippen LogP contribution in [0.4, 0.5) is 5.69 Å². The molecule has 1 unspecified atom stereocenters. The van der Waals surface area contributed by atoms with Crippen molar-refractivity contribution in [2.45, 2.75) is 39.5 Å². The lowest BCUT2D eigenvalue weighted by atomic mass is 9.99. The fraction of sp³-hybridized carbons (Fsp3) is 0.533. The average molecular weight is 278 g/mol. The highest BCUT2D eigenvalue weighted by Crippen LogP contribution is 2.18. The van der Waals surface area contributed by atoms with Gasteiger partial charge in [-0.3, -0.25) is 14.9 Å². The molecule has 5 heteroatoms. The fourth-order valence-corrected chi connectivity index (χ4v) is 2.10. The first kappa shape index (κ1) is 16.1. The third-order valence-corrected chi connectivity index (χ3v) is 3.44. The van der Waals surface area contributed by atoms with E-state index in [4.69, 9.17) is 0 Å². The van der Waals surface area contributed by atoms with Crippen molar-refractivity contribution < 1.29 is 9.72 Å². The summed E-state index contributed by atoms with van der Waals surface area (Å²) in [4.78, 5) is 22.4. The molecule has 0 fully saturated rings. The van der Waals surface area contributed by atoms with Gasteiger partial charge in [-0.1, -0.05) is 45.2 Å². The van der Waals surface area contributed by atoms with Crippen molar-refractivity contribution in [2.24, 2.45) is 5.92 Å². The zero-order valence-corrected chi connectivity index (χ0v) is 12.1. The third kappa shape index (κ3) is 4.64. The van der Waals surface area contributed by atoms with Gasteiger partial charge in [-0.05, 0) is 18.4 Å². The van der Waals surface area contributed by atoms with Gasteiger partial charge in [0, 0.05) is 12.6 Å². The number of amides is 1. The first-order valence-electron chi connectivity index (χ1n) is 7.11. The lowest BCUT2D eigenvalue weighted by Gasteiger charge is -2.15. The van der Waals surface area contributed by atoms with Crippen molar-refractivity contribution >= 4 is 11.6 Å². The molecule has 0 saturated heterocycles. The number of unbranched alkanes of at least 4 members (excludes halogenated alkanes) is 1. The van der Waals surface area contributed by atoms with E-state index in [-0.39, 0.29) is 17.2 Å². The molecule has 5 nitrogen and oxygen atoms in total. The number of nitrogens with one attached hydrogen (secondary N) is 1. The molecule has 0 aliphatic carbocycles. The zero-order chi connectivity index (χ0) is 15.0. The molecule has 0 aliphatic heterocycles. The van der Waals surface area contributed by atoms with Crippen LogP contribution in [-0.2, 0) is 0 Å². The first-order chi connectivity index (χ1) is 9.60. The largest absolute Gasteiger partial charge is 0.352 e. The van der Waals surface area contributed by atoms with Crippen LogP contribution in [0.2, 0.25) is 0 Å². The minimum atomic E-state index is -0.525. The number of rotatable bonds is 8. The van der Waals surface area contributed by atoms with Gasteiger partial charge in [0.15, 0.2) is 0 Å². The third-order valence-electron chi connectivity index (χ3n) is 3.44. The van der Waals surface area contributed by atoms with E-state index in [1.807, 2.05) is 0 Å². The molecule has 0 bridgehead atoms. The summed E-state index contributed by atoms with van der Waals surface area (Å²) in [5.41, 5.74) is -0.0190. The van der Waals surface area contributed by atoms with Crippen molar-refractivity contribution in [3.63, 3.8) is 0 Å². The predicted octanol–water partition coefficient (Wildman–Crippen LogP) is 3.54. The Morgan fingerprint density at radius 2 is 2.05 bits per heavy atom. The van der Waals surface area contributed by atoms with Crippen molar-refractivity contribution in [1.82, 2.24) is 5.32 Å². The highest BCUT2D eigenvalue weighted by atomic mass is 16.6. The van der Waals surface area contributed by atoms with Gasteiger partial charge < -0.3 is 5.32 Å². The van der Waals surface area contributed by atoms with E-state index in [0.29, 0.717) is 12.5 Å². The van der Waals surface area contributed by atoms with Gasteiger partial charge in [0.2, 0.25) is 0 Å². The van der Waals surface area contributed by atoms with E-state index in [2.05, 4.69) is 19.2 Å². The quantitative estimate of drug-likeness (QED) is 0.584. The molecule has 0 aromatic heterocycles. The Morgan fingerprint density at radius 3 is 2.65 bits per heavy atom. The summed E-state index contributed by atoms with van der Waals surface area (Å²) in [6, 6.07) is 6.03. The van der Waals surface area contributed by atoms with Crippen LogP contribution >= 0.6 is 0 Å². The summed E-state index contributed by atoms with van der Waals surface area (Å²) in [7, 11) is 0. The molecular weight excluding hydrogens is 256 g/mol. The second-order valence-corrected chi connectivity index (χ2v) is 4.90. The molecule has 0 aliphatic rings. The summed E-state index contributed by atoms with van der Waals surface area (Å²) in [5, 5.41) is 13.7. The fourth-order valence-electron chi connectivity index (χ4n) is 2.10. The van der Waals surface area contributed by atoms with Gasteiger partial charge in [-0.25, -0.2) is 0 Å². The number of benzene rings is 1. The van der Waals surface area contributed by atoms with Crippen LogP contribution < -0.4 is 5.32 Å². The van der Waals surface area contributed by atoms with E-state index in [1.165, 1.54) is 12.1 Å². The van der Waals surface area contributed by atoms with Gasteiger partial charge in [-0.15, -0.1) is 0 Å². The lowest BCUT2D eigenvalue weighted by molar-refractivity contribution is -0.385. The summed E-state index contributed by atoms with van der Waals surface area (Å²) in [6.45, 7) is 4.80. The van der Waals surface area contributed by atoms with E-state index in [1.54, 1.807) is 12.1 Å². The molecule has 0 saturated carbocycles. The molecule has 1 aromatic carbocycles. The molecule has 0 heterocycles. The van der Waals surface area contributed by atoms with Crippen LogP contribution in [0.15, 0.2) is 24.3 Å². The average Bonchev–Trinajstić information content (AvgIpc) is 2.47. The molecule has 1 N–H and O–H groups in total. The topological polar surface area (TPSA) is 72.2 Å². The molecule has 1 aromatic rings. The number of nitrogens with zero attached hydrogens (tertiary/aromatic N) is 1. The summed E-state index contributed by atoms with van der Waals surface area (Å²) >= 11 is 0. The van der Waals surface area contributed by atoms with Crippen molar-refractivity contribution in [2.75, 3.05) is 6.54 Å². The van der Waals surface area contributed by atoms with E-state index in [0.717, 1.165) is 25.7 Å². The number of hydrogen-bond acceptors (Lipinski definition) is 3. The Labute approximate surface area is 119 Å². The van der Waals surface area contributed by atoms with Gasteiger partial charge in [0.05, 0.1) is 4.92 Å². The maximum atomic E-state index is 12.0. The van der Waals surface area contributed by atoms with Crippen molar-refractivity contribution in [3.8, 4) is 0 Å². The van der Waals surface area contributed by atoms with Crippen molar-refractivity contribution in [1.29, 1.82) is 0 Å². The van der Waals surface area contributed by atoms with Gasteiger partial charge >= 0.3 is 0 Å². The molecule has 0 spiro atoms. The molecule has 1 rings (SSSR count). The van der Waals surface area contributed by atoms with Crippen LogP contribution in [0, 0.1) is 16.0 Å². The van der Waals surface area contributed by atoms with E-state index >= 15 is 0 Å². The second kappa shape index (κ2) is 8.30. The Kier molecular flexibility index (Phi) is 6.70. The van der Waals surface area contributed by atoms with Gasteiger partial charge in [0.25, 0.3) is 11.6 Å². The molecule has 20 heavy (non-hydrogen) atoms. The molecule has 1 amide bonds. The summed E-state index contributed by atoms with van der Waals surface area (Å²) in [6.07, 6.45) is 4.34. The number of para-hydroxylation sites is 1. The molecule has 1 atom stereocenters. The Hall–Kier alpha value is -1.91. The molecule has 0 radical (unpaired) electrons. The smallest absolute Gasteiger partial charge is 0.282 e. The zero-order valence-electron chi connectivity index (χ0n) is 12.1. The molecular formula is C15H22N2O3.